The number of carbonyl (C=O) groups is 1. The SMILES string of the molecule is Cc1nc2ccc(Cl)cc2cc1C(=O)N1C[C@H](C)O[C@@H](C)C1. The van der Waals surface area contributed by atoms with E-state index in [2.05, 4.69) is 4.98 Å². The fourth-order valence-electron chi connectivity index (χ4n) is 2.97. The van der Waals surface area contributed by atoms with E-state index >= 15 is 0 Å². The quantitative estimate of drug-likeness (QED) is 0.809. The number of morpholine rings is 1. The highest BCUT2D eigenvalue weighted by atomic mass is 35.5. The highest BCUT2D eigenvalue weighted by molar-refractivity contribution is 6.31. The van der Waals surface area contributed by atoms with Crippen LogP contribution in [0, 0.1) is 6.92 Å². The van der Waals surface area contributed by atoms with Gasteiger partial charge in [-0.05, 0) is 45.0 Å². The van der Waals surface area contributed by atoms with Crippen molar-refractivity contribution in [3.05, 3.63) is 40.5 Å². The number of nitrogens with zero attached hydrogens (tertiary/aromatic N) is 2. The van der Waals surface area contributed by atoms with Gasteiger partial charge < -0.3 is 9.64 Å². The summed E-state index contributed by atoms with van der Waals surface area (Å²) in [5.74, 6) is 0.00822. The molecule has 1 aliphatic heterocycles. The van der Waals surface area contributed by atoms with Gasteiger partial charge in [0, 0.05) is 23.5 Å². The Morgan fingerprint density at radius 3 is 2.64 bits per heavy atom. The molecule has 0 radical (unpaired) electrons. The van der Waals surface area contributed by atoms with E-state index in [-0.39, 0.29) is 18.1 Å². The van der Waals surface area contributed by atoms with E-state index in [1.165, 1.54) is 0 Å². The number of amides is 1. The van der Waals surface area contributed by atoms with Gasteiger partial charge in [-0.3, -0.25) is 9.78 Å². The second-order valence-corrected chi connectivity index (χ2v) is 6.36. The van der Waals surface area contributed by atoms with Crippen molar-refractivity contribution < 1.29 is 9.53 Å². The molecule has 116 valence electrons. The molecule has 0 saturated carbocycles. The first-order chi connectivity index (χ1) is 10.4. The number of rotatable bonds is 1. The molecular formula is C17H19ClN2O2. The number of aryl methyl sites for hydroxylation is 1. The van der Waals surface area contributed by atoms with Crippen LogP contribution in [0.5, 0.6) is 0 Å². The predicted molar refractivity (Wildman–Crippen MR) is 87.4 cm³/mol. The third kappa shape index (κ3) is 2.94. The number of ether oxygens (including phenoxy) is 1. The van der Waals surface area contributed by atoms with Crippen LogP contribution in [-0.2, 0) is 4.74 Å². The van der Waals surface area contributed by atoms with Crippen molar-refractivity contribution in [2.24, 2.45) is 0 Å². The molecular weight excluding hydrogens is 300 g/mol. The van der Waals surface area contributed by atoms with Crippen molar-refractivity contribution in [1.82, 2.24) is 9.88 Å². The first kappa shape index (κ1) is 15.3. The van der Waals surface area contributed by atoms with Crippen LogP contribution in [0.15, 0.2) is 24.3 Å². The van der Waals surface area contributed by atoms with Crippen LogP contribution in [0.4, 0.5) is 0 Å². The summed E-state index contributed by atoms with van der Waals surface area (Å²) in [4.78, 5) is 19.2. The lowest BCUT2D eigenvalue weighted by Gasteiger charge is -2.35. The van der Waals surface area contributed by atoms with Gasteiger partial charge in [0.2, 0.25) is 0 Å². The smallest absolute Gasteiger partial charge is 0.255 e. The standard InChI is InChI=1S/C17H19ClN2O2/c1-10-8-20(9-11(2)22-10)17(21)15-7-13-6-14(18)4-5-16(13)19-12(15)3/h4-7,10-11H,8-9H2,1-3H3/t10-,11-/m0/s1. The van der Waals surface area contributed by atoms with Gasteiger partial charge >= 0.3 is 0 Å². The lowest BCUT2D eigenvalue weighted by atomic mass is 10.1. The van der Waals surface area contributed by atoms with Gasteiger partial charge in [0.05, 0.1) is 29.0 Å². The number of benzene rings is 1. The molecule has 0 unspecified atom stereocenters. The highest BCUT2D eigenvalue weighted by Gasteiger charge is 2.27. The number of pyridine rings is 1. The van der Waals surface area contributed by atoms with E-state index in [0.29, 0.717) is 23.7 Å². The molecule has 0 aliphatic carbocycles. The summed E-state index contributed by atoms with van der Waals surface area (Å²) in [6, 6.07) is 7.41. The average Bonchev–Trinajstić information content (AvgIpc) is 2.45. The Kier molecular flexibility index (Phi) is 4.06. The molecule has 0 N–H and O–H groups in total. The maximum atomic E-state index is 12.8. The lowest BCUT2D eigenvalue weighted by Crippen LogP contribution is -2.48. The molecule has 2 atom stereocenters. The molecule has 5 heteroatoms. The Labute approximate surface area is 135 Å². The maximum absolute atomic E-state index is 12.8. The Bertz CT molecular complexity index is 722. The zero-order valence-electron chi connectivity index (χ0n) is 13.0. The van der Waals surface area contributed by atoms with Crippen LogP contribution < -0.4 is 0 Å². The Balaban J connectivity index is 1.98. The monoisotopic (exact) mass is 318 g/mol. The summed E-state index contributed by atoms with van der Waals surface area (Å²) in [6.07, 6.45) is 0.103. The van der Waals surface area contributed by atoms with Gasteiger partial charge in [-0.1, -0.05) is 11.6 Å². The largest absolute Gasteiger partial charge is 0.372 e. The molecule has 1 saturated heterocycles. The Morgan fingerprint density at radius 2 is 1.95 bits per heavy atom. The van der Waals surface area contributed by atoms with Gasteiger partial charge in [-0.25, -0.2) is 0 Å². The molecule has 0 spiro atoms. The Hall–Kier alpha value is -1.65. The predicted octanol–water partition coefficient (Wildman–Crippen LogP) is 3.45. The van der Waals surface area contributed by atoms with Crippen LogP contribution in [0.25, 0.3) is 10.9 Å². The minimum atomic E-state index is 0.00822. The fourth-order valence-corrected chi connectivity index (χ4v) is 3.15. The number of fused-ring (bicyclic) bond motifs is 1. The number of carbonyl (C=O) groups excluding carboxylic acids is 1. The van der Waals surface area contributed by atoms with Gasteiger partial charge in [-0.2, -0.15) is 0 Å². The molecule has 2 heterocycles. The van der Waals surface area contributed by atoms with Crippen molar-refractivity contribution in [1.29, 1.82) is 0 Å². The summed E-state index contributed by atoms with van der Waals surface area (Å²) in [6.45, 7) is 7.06. The molecule has 1 fully saturated rings. The molecule has 22 heavy (non-hydrogen) atoms. The van der Waals surface area contributed by atoms with Crippen LogP contribution in [-0.4, -0.2) is 41.1 Å². The first-order valence-corrected chi connectivity index (χ1v) is 7.83. The zero-order chi connectivity index (χ0) is 15.9. The fraction of sp³-hybridized carbons (Fsp3) is 0.412. The highest BCUT2D eigenvalue weighted by Crippen LogP contribution is 2.22. The van der Waals surface area contributed by atoms with Crippen LogP contribution >= 0.6 is 11.6 Å². The number of aromatic nitrogens is 1. The summed E-state index contributed by atoms with van der Waals surface area (Å²) in [5, 5.41) is 1.53. The zero-order valence-corrected chi connectivity index (χ0v) is 13.7. The first-order valence-electron chi connectivity index (χ1n) is 7.45. The summed E-state index contributed by atoms with van der Waals surface area (Å²) >= 11 is 6.04. The van der Waals surface area contributed by atoms with Crippen LogP contribution in [0.2, 0.25) is 5.02 Å². The number of halogens is 1. The second-order valence-electron chi connectivity index (χ2n) is 5.93. The van der Waals surface area contributed by atoms with Gasteiger partial charge in [0.15, 0.2) is 0 Å². The molecule has 1 aromatic heterocycles. The average molecular weight is 319 g/mol. The maximum Gasteiger partial charge on any atom is 0.255 e. The summed E-state index contributed by atoms with van der Waals surface area (Å²) in [7, 11) is 0. The molecule has 3 rings (SSSR count). The third-order valence-electron chi connectivity index (χ3n) is 3.90. The van der Waals surface area contributed by atoms with E-state index in [1.54, 1.807) is 0 Å². The van der Waals surface area contributed by atoms with Crippen molar-refractivity contribution in [3.8, 4) is 0 Å². The van der Waals surface area contributed by atoms with Crippen molar-refractivity contribution in [3.63, 3.8) is 0 Å². The molecule has 4 nitrogen and oxygen atoms in total. The number of hydrogen-bond acceptors (Lipinski definition) is 3. The van der Waals surface area contributed by atoms with E-state index in [4.69, 9.17) is 16.3 Å². The van der Waals surface area contributed by atoms with E-state index in [9.17, 15) is 4.79 Å². The minimum absolute atomic E-state index is 0.00822. The minimum Gasteiger partial charge on any atom is -0.372 e. The van der Waals surface area contributed by atoms with Crippen LogP contribution in [0.1, 0.15) is 29.9 Å². The van der Waals surface area contributed by atoms with Crippen molar-refractivity contribution >= 4 is 28.4 Å². The topological polar surface area (TPSA) is 42.4 Å². The molecule has 2 aromatic rings. The lowest BCUT2D eigenvalue weighted by molar-refractivity contribution is -0.0586. The molecule has 1 amide bonds. The summed E-state index contributed by atoms with van der Waals surface area (Å²) in [5.41, 5.74) is 2.23. The number of hydrogen-bond donors (Lipinski definition) is 0. The molecule has 0 bridgehead atoms. The molecule has 1 aliphatic rings. The normalized spacial score (nSPS) is 22.1. The van der Waals surface area contributed by atoms with E-state index in [0.717, 1.165) is 16.6 Å². The third-order valence-corrected chi connectivity index (χ3v) is 4.14. The van der Waals surface area contributed by atoms with E-state index < -0.39 is 0 Å². The van der Waals surface area contributed by atoms with E-state index in [1.807, 2.05) is 49.9 Å². The van der Waals surface area contributed by atoms with Crippen molar-refractivity contribution in [2.45, 2.75) is 33.0 Å². The Morgan fingerprint density at radius 1 is 1.27 bits per heavy atom. The van der Waals surface area contributed by atoms with Crippen LogP contribution in [0.3, 0.4) is 0 Å². The second kappa shape index (κ2) is 5.86. The van der Waals surface area contributed by atoms with Gasteiger partial charge in [-0.15, -0.1) is 0 Å². The molecule has 1 aromatic carbocycles. The van der Waals surface area contributed by atoms with Crippen molar-refractivity contribution in [2.75, 3.05) is 13.1 Å². The summed E-state index contributed by atoms with van der Waals surface area (Å²) < 4.78 is 5.69. The van der Waals surface area contributed by atoms with Gasteiger partial charge in [0.1, 0.15) is 0 Å². The van der Waals surface area contributed by atoms with Gasteiger partial charge in [0.25, 0.3) is 5.91 Å².